The van der Waals surface area contributed by atoms with Crippen LogP contribution in [0.2, 0.25) is 0 Å². The lowest BCUT2D eigenvalue weighted by Crippen LogP contribution is -2.27. The molecule has 1 saturated heterocycles. The van der Waals surface area contributed by atoms with E-state index in [-0.39, 0.29) is 0 Å². The molecule has 1 rings (SSSR count). The third-order valence-electron chi connectivity index (χ3n) is 2.01. The third-order valence-corrected chi connectivity index (χ3v) is 2.89. The Bertz CT molecular complexity index is 111. The number of aliphatic hydroxyl groups excluding tert-OH is 1. The van der Waals surface area contributed by atoms with Crippen LogP contribution in [-0.2, 0) is 0 Å². The van der Waals surface area contributed by atoms with Gasteiger partial charge in [-0.2, -0.15) is 0 Å². The third kappa shape index (κ3) is 3.23. The molecule has 0 aromatic heterocycles. The topological polar surface area (TPSA) is 26.7 Å². The molecule has 0 aliphatic carbocycles. The van der Waals surface area contributed by atoms with Crippen molar-refractivity contribution < 1.29 is 5.11 Å². The number of hydrogen-bond donors (Lipinski definition) is 1. The Kier molecular flexibility index (Phi) is 4.05. The minimum absolute atomic E-state index is 0.309. The lowest BCUT2D eigenvalue weighted by atomic mass is 10.1. The fourth-order valence-electron chi connectivity index (χ4n) is 1.36. The van der Waals surface area contributed by atoms with Crippen molar-refractivity contribution in [2.75, 3.05) is 39.8 Å². The first-order valence-electron chi connectivity index (χ1n) is 3.92. The zero-order chi connectivity index (χ0) is 8.27. The minimum Gasteiger partial charge on any atom is -0.396 e. The van der Waals surface area contributed by atoms with Crippen molar-refractivity contribution in [3.05, 3.63) is 0 Å². The van der Waals surface area contributed by atoms with E-state index >= 15 is 0 Å². The molecule has 66 valence electrons. The quantitative estimate of drug-likeness (QED) is 0.544. The molecule has 1 unspecified atom stereocenters. The maximum atomic E-state index is 8.99. The Morgan fingerprint density at radius 2 is 2.18 bits per heavy atom. The van der Waals surface area contributed by atoms with Crippen LogP contribution in [0.15, 0.2) is 0 Å². The molecular weight excluding hydrogens is 255 g/mol. The fourth-order valence-corrected chi connectivity index (χ4v) is 2.13. The number of likely N-dealkylation sites (N-methyl/N-ethyl adjacent to an activating group) is 1. The van der Waals surface area contributed by atoms with Crippen molar-refractivity contribution in [1.82, 2.24) is 8.01 Å². The summed E-state index contributed by atoms with van der Waals surface area (Å²) >= 11 is 2.33. The molecule has 1 fully saturated rings. The molecule has 3 nitrogen and oxygen atoms in total. The minimum atomic E-state index is 0.309. The van der Waals surface area contributed by atoms with Crippen molar-refractivity contribution in [3.63, 3.8) is 0 Å². The molecule has 1 aliphatic rings. The van der Waals surface area contributed by atoms with Crippen molar-refractivity contribution >= 4 is 22.9 Å². The standard InChI is InChI=1S/C7H15IN2O/c1-9-2-3-10(8)5-7(4-9)6-11/h7,11H,2-6H2,1H3. The van der Waals surface area contributed by atoms with E-state index < -0.39 is 0 Å². The van der Waals surface area contributed by atoms with Gasteiger partial charge in [0, 0.05) is 61.6 Å². The average Bonchev–Trinajstić information content (AvgIpc) is 2.13. The Balaban J connectivity index is 2.41. The molecule has 0 aromatic rings. The monoisotopic (exact) mass is 270 g/mol. The summed E-state index contributed by atoms with van der Waals surface area (Å²) in [6.45, 7) is 4.56. The van der Waals surface area contributed by atoms with E-state index in [4.69, 9.17) is 5.11 Å². The first kappa shape index (κ1) is 9.70. The number of nitrogens with zero attached hydrogens (tertiary/aromatic N) is 2. The normalized spacial score (nSPS) is 30.3. The highest BCUT2D eigenvalue weighted by Gasteiger charge is 2.18. The number of aliphatic hydroxyl groups is 1. The van der Waals surface area contributed by atoms with Crippen LogP contribution in [0.1, 0.15) is 0 Å². The van der Waals surface area contributed by atoms with E-state index in [1.54, 1.807) is 0 Å². The molecule has 0 amide bonds. The van der Waals surface area contributed by atoms with E-state index in [0.717, 1.165) is 26.2 Å². The Morgan fingerprint density at radius 1 is 1.45 bits per heavy atom. The molecule has 0 spiro atoms. The lowest BCUT2D eigenvalue weighted by Gasteiger charge is -2.17. The molecule has 4 heteroatoms. The van der Waals surface area contributed by atoms with E-state index in [9.17, 15) is 0 Å². The maximum absolute atomic E-state index is 8.99. The summed E-state index contributed by atoms with van der Waals surface area (Å²) in [6, 6.07) is 0. The molecule has 0 saturated carbocycles. The molecule has 0 bridgehead atoms. The largest absolute Gasteiger partial charge is 0.396 e. The van der Waals surface area contributed by atoms with Gasteiger partial charge in [-0.05, 0) is 7.05 Å². The highest BCUT2D eigenvalue weighted by molar-refractivity contribution is 14.1. The number of hydrogen-bond acceptors (Lipinski definition) is 3. The Morgan fingerprint density at radius 3 is 2.82 bits per heavy atom. The van der Waals surface area contributed by atoms with Crippen LogP contribution in [-0.4, -0.2) is 53.0 Å². The maximum Gasteiger partial charge on any atom is 0.0484 e. The second kappa shape index (κ2) is 4.59. The van der Waals surface area contributed by atoms with Gasteiger partial charge in [0.05, 0.1) is 0 Å². The summed E-state index contributed by atoms with van der Waals surface area (Å²) in [6.07, 6.45) is 0. The zero-order valence-corrected chi connectivity index (χ0v) is 8.99. The first-order valence-corrected chi connectivity index (χ1v) is 4.89. The second-order valence-corrected chi connectivity index (χ2v) is 4.54. The second-order valence-electron chi connectivity index (χ2n) is 3.18. The van der Waals surface area contributed by atoms with Crippen LogP contribution in [0.25, 0.3) is 0 Å². The summed E-state index contributed by atoms with van der Waals surface area (Å²) in [7, 11) is 2.11. The van der Waals surface area contributed by atoms with Gasteiger partial charge in [-0.1, -0.05) is 0 Å². The summed E-state index contributed by atoms with van der Waals surface area (Å²) < 4.78 is 2.25. The van der Waals surface area contributed by atoms with Crippen LogP contribution in [0.3, 0.4) is 0 Å². The van der Waals surface area contributed by atoms with Crippen LogP contribution < -0.4 is 0 Å². The van der Waals surface area contributed by atoms with Crippen molar-refractivity contribution in [1.29, 1.82) is 0 Å². The summed E-state index contributed by atoms with van der Waals surface area (Å²) in [5, 5.41) is 8.99. The van der Waals surface area contributed by atoms with Crippen LogP contribution in [0, 0.1) is 5.92 Å². The highest BCUT2D eigenvalue weighted by atomic mass is 127. The van der Waals surface area contributed by atoms with Gasteiger partial charge < -0.3 is 10.0 Å². The van der Waals surface area contributed by atoms with E-state index in [1.165, 1.54) is 0 Å². The summed E-state index contributed by atoms with van der Waals surface area (Å²) in [5.41, 5.74) is 0. The number of rotatable bonds is 1. The molecular formula is C7H15IN2O. The fraction of sp³-hybridized carbons (Fsp3) is 1.00. The predicted octanol–water partition coefficient (Wildman–Crippen LogP) is 0.192. The van der Waals surface area contributed by atoms with Crippen molar-refractivity contribution in [2.45, 2.75) is 0 Å². The molecule has 1 aliphatic heterocycles. The Labute approximate surface area is 81.9 Å². The van der Waals surface area contributed by atoms with Gasteiger partial charge in [0.1, 0.15) is 0 Å². The number of halogens is 1. The van der Waals surface area contributed by atoms with Crippen LogP contribution in [0.5, 0.6) is 0 Å². The van der Waals surface area contributed by atoms with Crippen LogP contribution in [0.4, 0.5) is 0 Å². The smallest absolute Gasteiger partial charge is 0.0484 e. The molecule has 1 heterocycles. The van der Waals surface area contributed by atoms with Gasteiger partial charge in [-0.15, -0.1) is 0 Å². The van der Waals surface area contributed by atoms with Crippen molar-refractivity contribution in [2.24, 2.45) is 5.92 Å². The van der Waals surface area contributed by atoms with E-state index in [1.807, 2.05) is 0 Å². The van der Waals surface area contributed by atoms with Gasteiger partial charge in [0.25, 0.3) is 0 Å². The van der Waals surface area contributed by atoms with Gasteiger partial charge >= 0.3 is 0 Å². The van der Waals surface area contributed by atoms with Gasteiger partial charge in [-0.3, -0.25) is 0 Å². The average molecular weight is 270 g/mol. The highest BCUT2D eigenvalue weighted by Crippen LogP contribution is 2.10. The summed E-state index contributed by atoms with van der Waals surface area (Å²) in [4.78, 5) is 2.28. The molecule has 0 radical (unpaired) electrons. The first-order chi connectivity index (χ1) is 5.22. The molecule has 11 heavy (non-hydrogen) atoms. The van der Waals surface area contributed by atoms with E-state index in [0.29, 0.717) is 12.5 Å². The van der Waals surface area contributed by atoms with Gasteiger partial charge in [0.15, 0.2) is 0 Å². The SMILES string of the molecule is CN1CCN(I)CC(CO)C1. The summed E-state index contributed by atoms with van der Waals surface area (Å²) in [5.74, 6) is 0.430. The lowest BCUT2D eigenvalue weighted by molar-refractivity contribution is 0.191. The van der Waals surface area contributed by atoms with Gasteiger partial charge in [0.2, 0.25) is 0 Å². The zero-order valence-electron chi connectivity index (χ0n) is 6.83. The van der Waals surface area contributed by atoms with E-state index in [2.05, 4.69) is 37.9 Å². The Hall–Kier alpha value is 0.610. The molecule has 1 atom stereocenters. The molecule has 0 aromatic carbocycles. The predicted molar refractivity (Wildman–Crippen MR) is 53.7 cm³/mol. The van der Waals surface area contributed by atoms with Crippen LogP contribution >= 0.6 is 22.9 Å². The molecule has 1 N–H and O–H groups in total. The van der Waals surface area contributed by atoms with Gasteiger partial charge in [-0.25, -0.2) is 3.11 Å². The van der Waals surface area contributed by atoms with Crippen molar-refractivity contribution in [3.8, 4) is 0 Å².